The fraction of sp³-hybridized carbons (Fsp3) is 0.625. The summed E-state index contributed by atoms with van der Waals surface area (Å²) in [6, 6.07) is 0. The maximum atomic E-state index is 11.0. The number of primary amides is 1. The fourth-order valence-corrected chi connectivity index (χ4v) is 2.38. The number of carbonyl (C=O) groups excluding carboxylic acids is 1. The maximum absolute atomic E-state index is 11.0. The first-order valence-electron chi connectivity index (χ1n) is 4.74. The molecule has 1 aliphatic rings. The van der Waals surface area contributed by atoms with E-state index < -0.39 is 0 Å². The number of carbonyl (C=O) groups is 1. The van der Waals surface area contributed by atoms with Crippen LogP contribution in [0.2, 0.25) is 0 Å². The van der Waals surface area contributed by atoms with Gasteiger partial charge in [-0.2, -0.15) is 0 Å². The van der Waals surface area contributed by atoms with Gasteiger partial charge in [0.1, 0.15) is 5.01 Å². The smallest absolute Gasteiger partial charge is 0.221 e. The second kappa shape index (κ2) is 4.11. The Hall–Kier alpha value is -1.21. The SMILES string of the molecule is NC(=O)C1CCN(Cc2nnc(N)s2)C1. The quantitative estimate of drug-likeness (QED) is 0.720. The summed E-state index contributed by atoms with van der Waals surface area (Å²) in [5.74, 6) is -0.232. The van der Waals surface area contributed by atoms with Crippen molar-refractivity contribution in [3.63, 3.8) is 0 Å². The Labute approximate surface area is 91.3 Å². The van der Waals surface area contributed by atoms with Crippen molar-refractivity contribution < 1.29 is 4.79 Å². The van der Waals surface area contributed by atoms with E-state index in [1.54, 1.807) is 0 Å². The monoisotopic (exact) mass is 227 g/mol. The third kappa shape index (κ3) is 2.42. The summed E-state index contributed by atoms with van der Waals surface area (Å²) < 4.78 is 0. The summed E-state index contributed by atoms with van der Waals surface area (Å²) >= 11 is 1.38. The summed E-state index contributed by atoms with van der Waals surface area (Å²) in [4.78, 5) is 13.1. The minimum atomic E-state index is -0.214. The molecule has 1 amide bonds. The van der Waals surface area contributed by atoms with Crippen LogP contribution in [0.15, 0.2) is 0 Å². The van der Waals surface area contributed by atoms with Gasteiger partial charge in [0.2, 0.25) is 11.0 Å². The van der Waals surface area contributed by atoms with E-state index in [1.807, 2.05) is 0 Å². The largest absolute Gasteiger partial charge is 0.374 e. The molecular formula is C8H13N5OS. The number of nitrogens with zero attached hydrogens (tertiary/aromatic N) is 3. The van der Waals surface area contributed by atoms with E-state index in [2.05, 4.69) is 15.1 Å². The van der Waals surface area contributed by atoms with Gasteiger partial charge < -0.3 is 11.5 Å². The molecule has 0 radical (unpaired) electrons. The van der Waals surface area contributed by atoms with Crippen LogP contribution in [0.5, 0.6) is 0 Å². The summed E-state index contributed by atoms with van der Waals surface area (Å²) in [6.07, 6.45) is 0.837. The van der Waals surface area contributed by atoms with Crippen LogP contribution in [0.1, 0.15) is 11.4 Å². The predicted octanol–water partition coefficient (Wildman–Crippen LogP) is -0.573. The third-order valence-corrected chi connectivity index (χ3v) is 3.25. The number of likely N-dealkylation sites (tertiary alicyclic amines) is 1. The van der Waals surface area contributed by atoms with Crippen LogP contribution >= 0.6 is 11.3 Å². The van der Waals surface area contributed by atoms with E-state index in [1.165, 1.54) is 11.3 Å². The van der Waals surface area contributed by atoms with Crippen LogP contribution in [-0.2, 0) is 11.3 Å². The first-order chi connectivity index (χ1) is 7.15. The second-order valence-electron chi connectivity index (χ2n) is 3.66. The Morgan fingerprint density at radius 1 is 1.60 bits per heavy atom. The lowest BCUT2D eigenvalue weighted by Gasteiger charge is -2.12. The number of hydrogen-bond donors (Lipinski definition) is 2. The Balaban J connectivity index is 1.90. The average molecular weight is 227 g/mol. The van der Waals surface area contributed by atoms with E-state index >= 15 is 0 Å². The number of nitrogens with two attached hydrogens (primary N) is 2. The summed E-state index contributed by atoms with van der Waals surface area (Å²) in [5, 5.41) is 9.04. The van der Waals surface area contributed by atoms with Crippen LogP contribution in [0.4, 0.5) is 5.13 Å². The van der Waals surface area contributed by atoms with Crippen molar-refractivity contribution in [1.29, 1.82) is 0 Å². The third-order valence-electron chi connectivity index (χ3n) is 2.52. The standard InChI is InChI=1S/C8H13N5OS/c9-7(14)5-1-2-13(3-5)4-6-11-12-8(10)15-6/h5H,1-4H2,(H2,9,14)(H2,10,12). The van der Waals surface area contributed by atoms with E-state index in [0.717, 1.165) is 24.5 Å². The Morgan fingerprint density at radius 3 is 2.93 bits per heavy atom. The molecule has 7 heteroatoms. The molecule has 0 saturated carbocycles. The Bertz CT molecular complexity index is 366. The molecule has 2 rings (SSSR count). The lowest BCUT2D eigenvalue weighted by molar-refractivity contribution is -0.121. The van der Waals surface area contributed by atoms with E-state index in [0.29, 0.717) is 11.7 Å². The van der Waals surface area contributed by atoms with Crippen molar-refractivity contribution in [2.24, 2.45) is 11.7 Å². The van der Waals surface area contributed by atoms with Crippen LogP contribution in [-0.4, -0.2) is 34.1 Å². The van der Waals surface area contributed by atoms with Crippen LogP contribution in [0.25, 0.3) is 0 Å². The normalized spacial score (nSPS) is 22.0. The molecule has 1 unspecified atom stereocenters. The van der Waals surface area contributed by atoms with Gasteiger partial charge in [0, 0.05) is 6.54 Å². The van der Waals surface area contributed by atoms with E-state index in [-0.39, 0.29) is 11.8 Å². The number of amides is 1. The molecular weight excluding hydrogens is 214 g/mol. The van der Waals surface area contributed by atoms with Crippen molar-refractivity contribution in [2.45, 2.75) is 13.0 Å². The van der Waals surface area contributed by atoms with Gasteiger partial charge in [-0.25, -0.2) is 0 Å². The fourth-order valence-electron chi connectivity index (χ4n) is 1.73. The van der Waals surface area contributed by atoms with Gasteiger partial charge in [-0.1, -0.05) is 11.3 Å². The molecule has 2 heterocycles. The molecule has 1 aliphatic heterocycles. The molecule has 1 atom stereocenters. The minimum absolute atomic E-state index is 0.0183. The van der Waals surface area contributed by atoms with Gasteiger partial charge in [-0.15, -0.1) is 10.2 Å². The van der Waals surface area contributed by atoms with Crippen molar-refractivity contribution in [3.8, 4) is 0 Å². The average Bonchev–Trinajstić information content (AvgIpc) is 2.76. The first kappa shape index (κ1) is 10.3. The number of anilines is 1. The highest BCUT2D eigenvalue weighted by atomic mass is 32.1. The molecule has 6 nitrogen and oxygen atoms in total. The number of rotatable bonds is 3. The van der Waals surface area contributed by atoms with Crippen molar-refractivity contribution in [1.82, 2.24) is 15.1 Å². The zero-order chi connectivity index (χ0) is 10.8. The summed E-state index contributed by atoms with van der Waals surface area (Å²) in [7, 11) is 0. The minimum Gasteiger partial charge on any atom is -0.374 e. The number of nitrogen functional groups attached to an aromatic ring is 1. The van der Waals surface area contributed by atoms with Crippen molar-refractivity contribution in [2.75, 3.05) is 18.8 Å². The second-order valence-corrected chi connectivity index (χ2v) is 4.75. The maximum Gasteiger partial charge on any atom is 0.221 e. The highest BCUT2D eigenvalue weighted by molar-refractivity contribution is 7.15. The molecule has 1 aromatic rings. The van der Waals surface area contributed by atoms with Gasteiger partial charge >= 0.3 is 0 Å². The zero-order valence-corrected chi connectivity index (χ0v) is 9.04. The summed E-state index contributed by atoms with van der Waals surface area (Å²) in [5.41, 5.74) is 10.7. The molecule has 4 N–H and O–H groups in total. The zero-order valence-electron chi connectivity index (χ0n) is 8.22. The van der Waals surface area contributed by atoms with Gasteiger partial charge in [-0.3, -0.25) is 9.69 Å². The molecule has 15 heavy (non-hydrogen) atoms. The molecule has 0 aromatic carbocycles. The van der Waals surface area contributed by atoms with Crippen LogP contribution in [0, 0.1) is 5.92 Å². The molecule has 1 fully saturated rings. The topological polar surface area (TPSA) is 98.1 Å². The number of hydrogen-bond acceptors (Lipinski definition) is 6. The van der Waals surface area contributed by atoms with Crippen LogP contribution < -0.4 is 11.5 Å². The van der Waals surface area contributed by atoms with Gasteiger partial charge in [0.15, 0.2) is 0 Å². The highest BCUT2D eigenvalue weighted by Crippen LogP contribution is 2.20. The Morgan fingerprint density at radius 2 is 2.40 bits per heavy atom. The molecule has 1 saturated heterocycles. The van der Waals surface area contributed by atoms with Crippen molar-refractivity contribution >= 4 is 22.4 Å². The van der Waals surface area contributed by atoms with Crippen LogP contribution in [0.3, 0.4) is 0 Å². The Kier molecular flexibility index (Phi) is 2.83. The first-order valence-corrected chi connectivity index (χ1v) is 5.56. The van der Waals surface area contributed by atoms with Gasteiger partial charge in [0.05, 0.1) is 12.5 Å². The van der Waals surface area contributed by atoms with Gasteiger partial charge in [-0.05, 0) is 13.0 Å². The molecule has 1 aromatic heterocycles. The molecule has 0 bridgehead atoms. The molecule has 0 aliphatic carbocycles. The lowest BCUT2D eigenvalue weighted by atomic mass is 10.1. The highest BCUT2D eigenvalue weighted by Gasteiger charge is 2.26. The van der Waals surface area contributed by atoms with Gasteiger partial charge in [0.25, 0.3) is 0 Å². The molecule has 82 valence electrons. The molecule has 0 spiro atoms. The lowest BCUT2D eigenvalue weighted by Crippen LogP contribution is -2.27. The number of aromatic nitrogens is 2. The predicted molar refractivity (Wildman–Crippen MR) is 56.9 cm³/mol. The van der Waals surface area contributed by atoms with E-state index in [4.69, 9.17) is 11.5 Å². The van der Waals surface area contributed by atoms with E-state index in [9.17, 15) is 4.79 Å². The van der Waals surface area contributed by atoms with Crippen molar-refractivity contribution in [3.05, 3.63) is 5.01 Å². The summed E-state index contributed by atoms with van der Waals surface area (Å²) in [6.45, 7) is 2.31.